The van der Waals surface area contributed by atoms with E-state index in [-0.39, 0.29) is 23.5 Å². The Balaban J connectivity index is 1.96. The maximum Gasteiger partial charge on any atom is 0.234 e. The lowest BCUT2D eigenvalue weighted by molar-refractivity contribution is -0.123. The van der Waals surface area contributed by atoms with Gasteiger partial charge < -0.3 is 10.4 Å². The molecule has 1 fully saturated rings. The van der Waals surface area contributed by atoms with Crippen LogP contribution in [-0.4, -0.2) is 41.7 Å². The highest BCUT2D eigenvalue weighted by atomic mass is 32.1. The van der Waals surface area contributed by atoms with Crippen LogP contribution in [0.4, 0.5) is 0 Å². The van der Waals surface area contributed by atoms with E-state index in [9.17, 15) is 9.90 Å². The van der Waals surface area contributed by atoms with Gasteiger partial charge in [0.05, 0.1) is 18.7 Å². The predicted molar refractivity (Wildman–Crippen MR) is 81.7 cm³/mol. The zero-order valence-corrected chi connectivity index (χ0v) is 13.2. The molecule has 0 aliphatic carbocycles. The van der Waals surface area contributed by atoms with E-state index in [4.69, 9.17) is 0 Å². The van der Waals surface area contributed by atoms with Crippen molar-refractivity contribution in [3.63, 3.8) is 0 Å². The normalized spacial score (nSPS) is 21.9. The summed E-state index contributed by atoms with van der Waals surface area (Å²) in [5.74, 6) is 0.0347. The Morgan fingerprint density at radius 2 is 2.35 bits per heavy atom. The molecule has 20 heavy (non-hydrogen) atoms. The molecule has 0 aromatic carbocycles. The highest BCUT2D eigenvalue weighted by Crippen LogP contribution is 2.35. The molecule has 1 saturated heterocycles. The molecule has 1 aromatic heterocycles. The van der Waals surface area contributed by atoms with Crippen LogP contribution in [0.2, 0.25) is 0 Å². The molecule has 2 atom stereocenters. The van der Waals surface area contributed by atoms with Gasteiger partial charge in [-0.1, -0.05) is 26.8 Å². The first-order valence-corrected chi connectivity index (χ1v) is 7.97. The topological polar surface area (TPSA) is 52.6 Å². The second kappa shape index (κ2) is 6.24. The molecule has 2 N–H and O–H groups in total. The third-order valence-corrected chi connectivity index (χ3v) is 4.55. The summed E-state index contributed by atoms with van der Waals surface area (Å²) in [6, 6.07) is 4.12. The van der Waals surface area contributed by atoms with Gasteiger partial charge in [0.2, 0.25) is 5.91 Å². The van der Waals surface area contributed by atoms with Crippen molar-refractivity contribution < 1.29 is 9.90 Å². The second-order valence-corrected chi connectivity index (χ2v) is 7.54. The fourth-order valence-electron chi connectivity index (χ4n) is 2.54. The van der Waals surface area contributed by atoms with Gasteiger partial charge >= 0.3 is 0 Å². The number of nitrogens with zero attached hydrogens (tertiary/aromatic N) is 1. The van der Waals surface area contributed by atoms with Gasteiger partial charge in [0.1, 0.15) is 0 Å². The third kappa shape index (κ3) is 4.04. The Kier molecular flexibility index (Phi) is 4.83. The van der Waals surface area contributed by atoms with Crippen molar-refractivity contribution in [3.8, 4) is 0 Å². The number of hydrogen-bond donors (Lipinski definition) is 2. The number of aliphatic hydroxyl groups excluding tert-OH is 1. The molecule has 1 amide bonds. The number of β-amino-alcohol motifs (C(OH)–C–C–N with tert-alkyl or cyclic N) is 1. The van der Waals surface area contributed by atoms with Gasteiger partial charge in [0, 0.05) is 18.0 Å². The predicted octanol–water partition coefficient (Wildman–Crippen LogP) is 2.02. The molecule has 1 aromatic rings. The Hall–Kier alpha value is -0.910. The monoisotopic (exact) mass is 296 g/mol. The number of amides is 1. The van der Waals surface area contributed by atoms with E-state index in [2.05, 4.69) is 32.2 Å². The quantitative estimate of drug-likeness (QED) is 0.894. The standard InChI is InChI=1S/C15H24N2O2S/c1-15(2,3)14(12-5-4-8-20-12)16-13(19)10-17-7-6-11(18)9-17/h4-5,8,11,14,18H,6-7,9-10H2,1-3H3,(H,16,19)/t11-,14?/m0/s1. The number of aliphatic hydroxyl groups is 1. The first-order chi connectivity index (χ1) is 9.36. The van der Waals surface area contributed by atoms with E-state index in [1.165, 1.54) is 4.88 Å². The summed E-state index contributed by atoms with van der Waals surface area (Å²) in [7, 11) is 0. The van der Waals surface area contributed by atoms with E-state index < -0.39 is 0 Å². The van der Waals surface area contributed by atoms with Crippen LogP contribution in [0.5, 0.6) is 0 Å². The molecule has 112 valence electrons. The highest BCUT2D eigenvalue weighted by molar-refractivity contribution is 7.10. The van der Waals surface area contributed by atoms with Crippen LogP contribution in [0.15, 0.2) is 17.5 Å². The van der Waals surface area contributed by atoms with E-state index in [1.807, 2.05) is 16.3 Å². The number of thiophene rings is 1. The second-order valence-electron chi connectivity index (χ2n) is 6.56. The summed E-state index contributed by atoms with van der Waals surface area (Å²) in [6.07, 6.45) is 0.486. The maximum absolute atomic E-state index is 12.2. The van der Waals surface area contributed by atoms with Gasteiger partial charge in [0.15, 0.2) is 0 Å². The summed E-state index contributed by atoms with van der Waals surface area (Å²) >= 11 is 1.67. The van der Waals surface area contributed by atoms with E-state index in [1.54, 1.807) is 11.3 Å². The molecule has 1 unspecified atom stereocenters. The molecule has 2 heterocycles. The first kappa shape index (κ1) is 15.5. The first-order valence-electron chi connectivity index (χ1n) is 7.09. The van der Waals surface area contributed by atoms with Gasteiger partial charge in [-0.25, -0.2) is 0 Å². The molecule has 0 radical (unpaired) electrons. The lowest BCUT2D eigenvalue weighted by Gasteiger charge is -2.31. The number of carbonyl (C=O) groups excluding carboxylic acids is 1. The summed E-state index contributed by atoms with van der Waals surface area (Å²) in [6.45, 7) is 8.18. The molecular formula is C15H24N2O2S. The lowest BCUT2D eigenvalue weighted by atomic mass is 9.85. The zero-order chi connectivity index (χ0) is 14.8. The number of rotatable bonds is 4. The largest absolute Gasteiger partial charge is 0.392 e. The number of likely N-dealkylation sites (tertiary alicyclic amines) is 1. The third-order valence-electron chi connectivity index (χ3n) is 3.61. The van der Waals surface area contributed by atoms with Gasteiger partial charge in [-0.15, -0.1) is 11.3 Å². The van der Waals surface area contributed by atoms with Gasteiger partial charge in [-0.3, -0.25) is 9.69 Å². The zero-order valence-electron chi connectivity index (χ0n) is 12.4. The van der Waals surface area contributed by atoms with Crippen LogP contribution in [0, 0.1) is 5.41 Å². The average Bonchev–Trinajstić information content (AvgIpc) is 2.96. The molecule has 4 nitrogen and oxygen atoms in total. The summed E-state index contributed by atoms with van der Waals surface area (Å²) in [5.41, 5.74) is -0.0228. The summed E-state index contributed by atoms with van der Waals surface area (Å²) < 4.78 is 0. The van der Waals surface area contributed by atoms with Crippen molar-refractivity contribution in [1.82, 2.24) is 10.2 Å². The number of hydrogen-bond acceptors (Lipinski definition) is 4. The molecule has 0 spiro atoms. The summed E-state index contributed by atoms with van der Waals surface area (Å²) in [5, 5.41) is 14.7. The van der Waals surface area contributed by atoms with Crippen LogP contribution in [-0.2, 0) is 4.79 Å². The van der Waals surface area contributed by atoms with Crippen molar-refractivity contribution in [3.05, 3.63) is 22.4 Å². The minimum absolute atomic E-state index is 0.0228. The van der Waals surface area contributed by atoms with Crippen LogP contribution >= 0.6 is 11.3 Å². The van der Waals surface area contributed by atoms with Crippen molar-refractivity contribution in [2.24, 2.45) is 5.41 Å². The Morgan fingerprint density at radius 1 is 1.60 bits per heavy atom. The smallest absolute Gasteiger partial charge is 0.234 e. The number of nitrogens with one attached hydrogen (secondary N) is 1. The van der Waals surface area contributed by atoms with Crippen molar-refractivity contribution >= 4 is 17.2 Å². The fraction of sp³-hybridized carbons (Fsp3) is 0.667. The molecule has 0 bridgehead atoms. The average molecular weight is 296 g/mol. The van der Waals surface area contributed by atoms with E-state index >= 15 is 0 Å². The minimum Gasteiger partial charge on any atom is -0.392 e. The van der Waals surface area contributed by atoms with Crippen molar-refractivity contribution in [1.29, 1.82) is 0 Å². The highest BCUT2D eigenvalue weighted by Gasteiger charge is 2.30. The van der Waals surface area contributed by atoms with Crippen LogP contribution in [0.3, 0.4) is 0 Å². The van der Waals surface area contributed by atoms with Crippen molar-refractivity contribution in [2.75, 3.05) is 19.6 Å². The van der Waals surface area contributed by atoms with E-state index in [0.29, 0.717) is 13.1 Å². The minimum atomic E-state index is -0.279. The Morgan fingerprint density at radius 3 is 2.85 bits per heavy atom. The molecule has 0 saturated carbocycles. The van der Waals surface area contributed by atoms with E-state index in [0.717, 1.165) is 13.0 Å². The van der Waals surface area contributed by atoms with Crippen LogP contribution in [0.25, 0.3) is 0 Å². The molecule has 5 heteroatoms. The fourth-order valence-corrected chi connectivity index (χ4v) is 3.56. The van der Waals surface area contributed by atoms with Crippen LogP contribution < -0.4 is 5.32 Å². The maximum atomic E-state index is 12.2. The lowest BCUT2D eigenvalue weighted by Crippen LogP contribution is -2.41. The van der Waals surface area contributed by atoms with Gasteiger partial charge in [-0.05, 0) is 23.3 Å². The van der Waals surface area contributed by atoms with Crippen molar-refractivity contribution in [2.45, 2.75) is 39.3 Å². The molecular weight excluding hydrogens is 272 g/mol. The van der Waals surface area contributed by atoms with Crippen LogP contribution in [0.1, 0.15) is 38.1 Å². The van der Waals surface area contributed by atoms with Gasteiger partial charge in [0.25, 0.3) is 0 Å². The number of carbonyl (C=O) groups is 1. The molecule has 2 rings (SSSR count). The molecule has 1 aliphatic rings. The Labute approximate surface area is 124 Å². The Bertz CT molecular complexity index is 439. The SMILES string of the molecule is CC(C)(C)C(NC(=O)CN1CC[C@H](O)C1)c1cccs1. The molecule has 1 aliphatic heterocycles. The summed E-state index contributed by atoms with van der Waals surface area (Å²) in [4.78, 5) is 15.4. The van der Waals surface area contributed by atoms with Gasteiger partial charge in [-0.2, -0.15) is 0 Å².